The molecule has 6 rings (SSSR count). The quantitative estimate of drug-likeness (QED) is 0.211. The molecule has 190 valence electrons. The maximum absolute atomic E-state index is 13.2. The Hall–Kier alpha value is -4.89. The van der Waals surface area contributed by atoms with Gasteiger partial charge in [0.05, 0.1) is 12.1 Å². The molecule has 0 unspecified atom stereocenters. The van der Waals surface area contributed by atoms with Crippen LogP contribution < -0.4 is 0 Å². The topological polar surface area (TPSA) is 31.2 Å². The van der Waals surface area contributed by atoms with Crippen LogP contribution in [0.4, 0.5) is 0 Å². The fourth-order valence-electron chi connectivity index (χ4n) is 5.58. The number of hydrogen-bond donors (Lipinski definition) is 0. The summed E-state index contributed by atoms with van der Waals surface area (Å²) in [6, 6.07) is 44.1. The highest BCUT2D eigenvalue weighted by Crippen LogP contribution is 2.51. The van der Waals surface area contributed by atoms with Crippen LogP contribution in [0.3, 0.4) is 0 Å². The van der Waals surface area contributed by atoms with Crippen LogP contribution in [0, 0.1) is 0 Å². The first-order chi connectivity index (χ1) is 19.2. The summed E-state index contributed by atoms with van der Waals surface area (Å²) in [6.07, 6.45) is 0. The first kappa shape index (κ1) is 24.4. The maximum Gasteiger partial charge on any atom is 0.354 e. The molecule has 0 bridgehead atoms. The molecule has 0 saturated carbocycles. The van der Waals surface area contributed by atoms with Gasteiger partial charge in [-0.3, -0.25) is 0 Å². The monoisotopic (exact) mass is 507 g/mol. The molecule has 0 amide bonds. The molecular formula is C36H29NO2. The van der Waals surface area contributed by atoms with Crippen LogP contribution in [0.25, 0.3) is 55.4 Å². The molecular weight excluding hydrogens is 478 g/mol. The Balaban J connectivity index is 1.90. The van der Waals surface area contributed by atoms with Crippen molar-refractivity contribution < 1.29 is 9.53 Å². The van der Waals surface area contributed by atoms with E-state index in [1.165, 1.54) is 0 Å². The molecule has 0 aliphatic rings. The average molecular weight is 508 g/mol. The molecule has 0 atom stereocenters. The zero-order chi connectivity index (χ0) is 26.8. The average Bonchev–Trinajstić information content (AvgIpc) is 3.34. The summed E-state index contributed by atoms with van der Waals surface area (Å²) in [5.41, 5.74) is 10.4. The third-order valence-corrected chi connectivity index (χ3v) is 7.22. The predicted octanol–water partition coefficient (Wildman–Crippen LogP) is 9.02. The number of aromatic nitrogens is 1. The first-order valence-electron chi connectivity index (χ1n) is 13.3. The van der Waals surface area contributed by atoms with E-state index < -0.39 is 0 Å². The molecule has 39 heavy (non-hydrogen) atoms. The van der Waals surface area contributed by atoms with Gasteiger partial charge in [-0.15, -0.1) is 0 Å². The van der Waals surface area contributed by atoms with Crippen LogP contribution in [0.5, 0.6) is 0 Å². The standard InChI is InChI=1S/C36H29NO2/c1-3-39-36(38)30-24-29-31(25-16-8-4-9-17-25)32(26-18-10-5-11-19-26)33(27-20-12-6-13-21-27)34(35(29)37(30)2)28-22-14-7-15-23-28/h4-24H,3H2,1-2H3. The van der Waals surface area contributed by atoms with Crippen LogP contribution in [-0.4, -0.2) is 17.1 Å². The normalized spacial score (nSPS) is 11.0. The maximum atomic E-state index is 13.2. The van der Waals surface area contributed by atoms with E-state index in [1.54, 1.807) is 0 Å². The largest absolute Gasteiger partial charge is 0.461 e. The Morgan fingerprint density at radius 1 is 0.590 bits per heavy atom. The smallest absolute Gasteiger partial charge is 0.354 e. The lowest BCUT2D eigenvalue weighted by molar-refractivity contribution is 0.0516. The minimum atomic E-state index is -0.322. The Bertz CT molecular complexity index is 1750. The number of carbonyl (C=O) groups is 1. The molecule has 0 N–H and O–H groups in total. The second-order valence-corrected chi connectivity index (χ2v) is 9.54. The molecule has 1 aromatic heterocycles. The van der Waals surface area contributed by atoms with Crippen molar-refractivity contribution in [2.24, 2.45) is 7.05 Å². The summed E-state index contributed by atoms with van der Waals surface area (Å²) < 4.78 is 7.50. The Labute approximate surface area is 228 Å². The van der Waals surface area contributed by atoms with Crippen molar-refractivity contribution in [2.45, 2.75) is 6.92 Å². The van der Waals surface area contributed by atoms with Gasteiger partial charge in [0.1, 0.15) is 5.69 Å². The second kappa shape index (κ2) is 10.5. The number of benzene rings is 5. The fourth-order valence-corrected chi connectivity index (χ4v) is 5.58. The second-order valence-electron chi connectivity index (χ2n) is 9.54. The van der Waals surface area contributed by atoms with Gasteiger partial charge in [-0.05, 0) is 46.4 Å². The zero-order valence-corrected chi connectivity index (χ0v) is 22.1. The van der Waals surface area contributed by atoms with Crippen molar-refractivity contribution in [3.63, 3.8) is 0 Å². The Kier molecular flexibility index (Phi) is 6.56. The number of carbonyl (C=O) groups excluding carboxylic acids is 1. The number of rotatable bonds is 6. The molecule has 0 radical (unpaired) electrons. The number of nitrogens with zero attached hydrogens (tertiary/aromatic N) is 1. The van der Waals surface area contributed by atoms with Crippen molar-refractivity contribution in [1.82, 2.24) is 4.57 Å². The third-order valence-electron chi connectivity index (χ3n) is 7.22. The highest BCUT2D eigenvalue weighted by atomic mass is 16.5. The predicted molar refractivity (Wildman–Crippen MR) is 161 cm³/mol. The van der Waals surface area contributed by atoms with Crippen molar-refractivity contribution in [3.05, 3.63) is 133 Å². The molecule has 0 aliphatic carbocycles. The third kappa shape index (κ3) is 4.32. The molecule has 0 spiro atoms. The summed E-state index contributed by atoms with van der Waals surface area (Å²) in [4.78, 5) is 13.2. The molecule has 0 aliphatic heterocycles. The zero-order valence-electron chi connectivity index (χ0n) is 22.1. The van der Waals surface area contributed by atoms with Crippen molar-refractivity contribution in [2.75, 3.05) is 6.61 Å². The number of ether oxygens (including phenoxy) is 1. The summed E-state index contributed by atoms with van der Waals surface area (Å²) in [6.45, 7) is 2.16. The van der Waals surface area contributed by atoms with E-state index in [4.69, 9.17) is 4.74 Å². The lowest BCUT2D eigenvalue weighted by atomic mass is 9.80. The van der Waals surface area contributed by atoms with E-state index in [1.807, 2.05) is 48.9 Å². The lowest BCUT2D eigenvalue weighted by Crippen LogP contribution is -2.09. The van der Waals surface area contributed by atoms with Gasteiger partial charge in [-0.2, -0.15) is 0 Å². The minimum Gasteiger partial charge on any atom is -0.461 e. The highest BCUT2D eigenvalue weighted by Gasteiger charge is 2.28. The van der Waals surface area contributed by atoms with Gasteiger partial charge >= 0.3 is 5.97 Å². The summed E-state index contributed by atoms with van der Waals surface area (Å²) >= 11 is 0. The van der Waals surface area contributed by atoms with Gasteiger partial charge in [-0.1, -0.05) is 121 Å². The van der Waals surface area contributed by atoms with E-state index in [0.717, 1.165) is 55.4 Å². The van der Waals surface area contributed by atoms with Gasteiger partial charge in [0.15, 0.2) is 0 Å². The number of fused-ring (bicyclic) bond motifs is 1. The molecule has 3 heteroatoms. The van der Waals surface area contributed by atoms with Gasteiger partial charge in [0, 0.05) is 23.6 Å². The van der Waals surface area contributed by atoms with Gasteiger partial charge in [0.2, 0.25) is 0 Å². The molecule has 5 aromatic carbocycles. The van der Waals surface area contributed by atoms with E-state index >= 15 is 0 Å². The first-order valence-corrected chi connectivity index (χ1v) is 13.3. The fraction of sp³-hybridized carbons (Fsp3) is 0.0833. The van der Waals surface area contributed by atoms with Crippen molar-refractivity contribution in [1.29, 1.82) is 0 Å². The lowest BCUT2D eigenvalue weighted by Gasteiger charge is -2.23. The summed E-state index contributed by atoms with van der Waals surface area (Å²) in [7, 11) is 1.97. The molecule has 0 fully saturated rings. The van der Waals surface area contributed by atoms with Crippen LogP contribution in [0.15, 0.2) is 127 Å². The Morgan fingerprint density at radius 2 is 0.974 bits per heavy atom. The van der Waals surface area contributed by atoms with Crippen molar-refractivity contribution in [3.8, 4) is 44.5 Å². The van der Waals surface area contributed by atoms with Crippen LogP contribution in [-0.2, 0) is 11.8 Å². The minimum absolute atomic E-state index is 0.321. The van der Waals surface area contributed by atoms with E-state index in [9.17, 15) is 4.79 Å². The summed E-state index contributed by atoms with van der Waals surface area (Å²) in [5, 5.41) is 1.02. The number of aryl methyl sites for hydroxylation is 1. The molecule has 1 heterocycles. The van der Waals surface area contributed by atoms with E-state index in [2.05, 4.69) is 97.1 Å². The molecule has 0 saturated heterocycles. The van der Waals surface area contributed by atoms with Crippen molar-refractivity contribution >= 4 is 16.9 Å². The summed E-state index contributed by atoms with van der Waals surface area (Å²) in [5.74, 6) is -0.322. The van der Waals surface area contributed by atoms with E-state index in [-0.39, 0.29) is 5.97 Å². The molecule has 3 nitrogen and oxygen atoms in total. The number of esters is 1. The number of hydrogen-bond acceptors (Lipinski definition) is 2. The highest BCUT2D eigenvalue weighted by molar-refractivity contribution is 6.18. The SMILES string of the molecule is CCOC(=O)c1cc2c(-c3ccccc3)c(-c3ccccc3)c(-c3ccccc3)c(-c3ccccc3)c2n1C. The van der Waals surface area contributed by atoms with Gasteiger partial charge in [0.25, 0.3) is 0 Å². The van der Waals surface area contributed by atoms with E-state index in [0.29, 0.717) is 12.3 Å². The van der Waals surface area contributed by atoms with Gasteiger partial charge < -0.3 is 9.30 Å². The van der Waals surface area contributed by atoms with Crippen LogP contribution >= 0.6 is 0 Å². The molecule has 6 aromatic rings. The van der Waals surface area contributed by atoms with Gasteiger partial charge in [-0.25, -0.2) is 4.79 Å². The Morgan fingerprint density at radius 3 is 1.41 bits per heavy atom. The van der Waals surface area contributed by atoms with Crippen LogP contribution in [0.1, 0.15) is 17.4 Å². The van der Waals surface area contributed by atoms with Crippen LogP contribution in [0.2, 0.25) is 0 Å².